The van der Waals surface area contributed by atoms with Gasteiger partial charge in [-0.15, -0.1) is 0 Å². The van der Waals surface area contributed by atoms with Gasteiger partial charge in [-0.1, -0.05) is 13.3 Å². The molecule has 0 fully saturated rings. The lowest BCUT2D eigenvalue weighted by atomic mass is 10.0. The van der Waals surface area contributed by atoms with Crippen LogP contribution in [0.2, 0.25) is 0 Å². The Morgan fingerprint density at radius 1 is 1.65 bits per heavy atom. The predicted molar refractivity (Wildman–Crippen MR) is 72.8 cm³/mol. The summed E-state index contributed by atoms with van der Waals surface area (Å²) in [6.45, 7) is 4.35. The molecular formula is C12H18BrN3O. The zero-order valence-corrected chi connectivity index (χ0v) is 11.8. The normalized spacial score (nSPS) is 12.2. The van der Waals surface area contributed by atoms with Gasteiger partial charge in [0.1, 0.15) is 4.60 Å². The molecule has 1 amide bonds. The summed E-state index contributed by atoms with van der Waals surface area (Å²) < 4.78 is 0.791. The van der Waals surface area contributed by atoms with Gasteiger partial charge < -0.3 is 11.1 Å². The van der Waals surface area contributed by atoms with Gasteiger partial charge in [0, 0.05) is 6.54 Å². The highest BCUT2D eigenvalue weighted by atomic mass is 79.9. The number of nitrogens with two attached hydrogens (primary N) is 1. The number of halogens is 1. The van der Waals surface area contributed by atoms with Crippen molar-refractivity contribution < 1.29 is 4.79 Å². The minimum absolute atomic E-state index is 0.0297. The molecule has 1 rings (SSSR count). The van der Waals surface area contributed by atoms with E-state index < -0.39 is 0 Å². The van der Waals surface area contributed by atoms with Crippen LogP contribution in [0.25, 0.3) is 0 Å². The Hall–Kier alpha value is -0.940. The fourth-order valence-electron chi connectivity index (χ4n) is 1.58. The van der Waals surface area contributed by atoms with Crippen molar-refractivity contribution in [1.82, 2.24) is 4.98 Å². The van der Waals surface area contributed by atoms with Crippen molar-refractivity contribution in [3.8, 4) is 0 Å². The van der Waals surface area contributed by atoms with E-state index in [1.807, 2.05) is 19.9 Å². The average Bonchev–Trinajstić information content (AvgIpc) is 2.30. The molecule has 1 aromatic heterocycles. The van der Waals surface area contributed by atoms with E-state index in [1.165, 1.54) is 0 Å². The van der Waals surface area contributed by atoms with Crippen LogP contribution in [0.15, 0.2) is 16.9 Å². The quantitative estimate of drug-likeness (QED) is 0.821. The van der Waals surface area contributed by atoms with Crippen LogP contribution >= 0.6 is 15.9 Å². The largest absolute Gasteiger partial charge is 0.330 e. The van der Waals surface area contributed by atoms with Crippen molar-refractivity contribution in [2.24, 2.45) is 11.7 Å². The molecule has 5 heteroatoms. The summed E-state index contributed by atoms with van der Waals surface area (Å²) in [5, 5.41) is 2.84. The number of aromatic nitrogens is 1. The van der Waals surface area contributed by atoms with E-state index in [0.717, 1.165) is 23.0 Å². The highest BCUT2D eigenvalue weighted by molar-refractivity contribution is 9.10. The number of anilines is 1. The Kier molecular flexibility index (Phi) is 5.58. The predicted octanol–water partition coefficient (Wildman–Crippen LogP) is 2.47. The van der Waals surface area contributed by atoms with Gasteiger partial charge in [-0.05, 0) is 40.9 Å². The first-order valence-electron chi connectivity index (χ1n) is 5.71. The van der Waals surface area contributed by atoms with Crippen molar-refractivity contribution in [3.05, 3.63) is 22.4 Å². The lowest BCUT2D eigenvalue weighted by Gasteiger charge is -2.14. The maximum Gasteiger partial charge on any atom is 0.228 e. The third-order valence-corrected chi connectivity index (χ3v) is 3.40. The number of hydrogen-bond donors (Lipinski definition) is 2. The molecule has 0 saturated heterocycles. The van der Waals surface area contributed by atoms with Crippen molar-refractivity contribution in [2.75, 3.05) is 11.9 Å². The summed E-state index contributed by atoms with van der Waals surface area (Å²) in [6, 6.07) is 1.88. The minimum atomic E-state index is -0.121. The number of rotatable bonds is 5. The number of carbonyl (C=O) groups is 1. The number of aryl methyl sites for hydroxylation is 1. The van der Waals surface area contributed by atoms with Crippen molar-refractivity contribution in [3.63, 3.8) is 0 Å². The van der Waals surface area contributed by atoms with Gasteiger partial charge in [-0.25, -0.2) is 4.98 Å². The Balaban J connectivity index is 2.69. The molecular weight excluding hydrogens is 282 g/mol. The molecule has 4 nitrogen and oxygen atoms in total. The van der Waals surface area contributed by atoms with Crippen molar-refractivity contribution in [1.29, 1.82) is 0 Å². The smallest absolute Gasteiger partial charge is 0.228 e. The second-order valence-electron chi connectivity index (χ2n) is 4.04. The minimum Gasteiger partial charge on any atom is -0.330 e. The zero-order chi connectivity index (χ0) is 12.8. The molecule has 1 atom stereocenters. The molecule has 1 heterocycles. The lowest BCUT2D eigenvalue weighted by Crippen LogP contribution is -2.29. The van der Waals surface area contributed by atoms with Gasteiger partial charge in [0.2, 0.25) is 5.91 Å². The van der Waals surface area contributed by atoms with Crippen LogP contribution in [0.5, 0.6) is 0 Å². The summed E-state index contributed by atoms with van der Waals surface area (Å²) in [5.41, 5.74) is 7.29. The summed E-state index contributed by atoms with van der Waals surface area (Å²) >= 11 is 3.32. The number of hydrogen-bond acceptors (Lipinski definition) is 3. The van der Waals surface area contributed by atoms with Gasteiger partial charge in [-0.2, -0.15) is 0 Å². The molecule has 0 saturated carbocycles. The first-order valence-corrected chi connectivity index (χ1v) is 6.50. The van der Waals surface area contributed by atoms with Crippen LogP contribution in [0.3, 0.4) is 0 Å². The van der Waals surface area contributed by atoms with E-state index in [9.17, 15) is 4.79 Å². The highest BCUT2D eigenvalue weighted by Crippen LogP contribution is 2.17. The second-order valence-corrected chi connectivity index (χ2v) is 4.79. The van der Waals surface area contributed by atoms with E-state index in [0.29, 0.717) is 12.2 Å². The summed E-state index contributed by atoms with van der Waals surface area (Å²) in [7, 11) is 0. The van der Waals surface area contributed by atoms with Crippen molar-refractivity contribution >= 4 is 27.5 Å². The first kappa shape index (κ1) is 14.1. The van der Waals surface area contributed by atoms with Gasteiger partial charge >= 0.3 is 0 Å². The number of nitrogens with one attached hydrogen (secondary N) is 1. The molecule has 0 aliphatic heterocycles. The number of amides is 1. The van der Waals surface area contributed by atoms with Gasteiger partial charge in [0.15, 0.2) is 0 Å². The van der Waals surface area contributed by atoms with Crippen LogP contribution < -0.4 is 11.1 Å². The Bertz CT molecular complexity index is 395. The molecule has 0 aliphatic carbocycles. The van der Waals surface area contributed by atoms with Crippen LogP contribution in [0.1, 0.15) is 25.3 Å². The Labute approximate surface area is 110 Å². The zero-order valence-electron chi connectivity index (χ0n) is 10.2. The van der Waals surface area contributed by atoms with Crippen LogP contribution in [-0.4, -0.2) is 17.4 Å². The summed E-state index contributed by atoms with van der Waals surface area (Å²) in [6.07, 6.45) is 3.40. The highest BCUT2D eigenvalue weighted by Gasteiger charge is 2.15. The molecule has 0 bridgehead atoms. The van der Waals surface area contributed by atoms with Crippen LogP contribution in [-0.2, 0) is 4.79 Å². The second kappa shape index (κ2) is 6.71. The lowest BCUT2D eigenvalue weighted by molar-refractivity contribution is -0.119. The van der Waals surface area contributed by atoms with E-state index in [2.05, 4.69) is 26.2 Å². The molecule has 0 spiro atoms. The topological polar surface area (TPSA) is 68.0 Å². The molecule has 94 valence electrons. The van der Waals surface area contributed by atoms with Crippen molar-refractivity contribution in [2.45, 2.75) is 26.7 Å². The van der Waals surface area contributed by atoms with E-state index in [-0.39, 0.29) is 11.8 Å². The molecule has 0 radical (unpaired) electrons. The summed E-state index contributed by atoms with van der Waals surface area (Å²) in [5.74, 6) is -0.151. The number of nitrogens with zero attached hydrogens (tertiary/aromatic N) is 1. The third-order valence-electron chi connectivity index (χ3n) is 2.57. The number of carbonyl (C=O) groups excluding carboxylic acids is 1. The fraction of sp³-hybridized carbons (Fsp3) is 0.500. The van der Waals surface area contributed by atoms with Gasteiger partial charge in [0.05, 0.1) is 17.8 Å². The SMILES string of the molecule is CCCC(CN)C(=O)Nc1cnc(Br)c(C)c1. The molecule has 1 aromatic rings. The van der Waals surface area contributed by atoms with E-state index in [1.54, 1.807) is 6.20 Å². The maximum atomic E-state index is 11.9. The van der Waals surface area contributed by atoms with Crippen LogP contribution in [0, 0.1) is 12.8 Å². The summed E-state index contributed by atoms with van der Waals surface area (Å²) in [4.78, 5) is 16.0. The molecule has 17 heavy (non-hydrogen) atoms. The Morgan fingerprint density at radius 3 is 2.88 bits per heavy atom. The van der Waals surface area contributed by atoms with E-state index >= 15 is 0 Å². The molecule has 1 unspecified atom stereocenters. The Morgan fingerprint density at radius 2 is 2.35 bits per heavy atom. The molecule has 0 aliphatic rings. The maximum absolute atomic E-state index is 11.9. The fourth-order valence-corrected chi connectivity index (χ4v) is 1.79. The van der Waals surface area contributed by atoms with Crippen LogP contribution in [0.4, 0.5) is 5.69 Å². The number of pyridine rings is 1. The average molecular weight is 300 g/mol. The molecule has 0 aromatic carbocycles. The standard InChI is InChI=1S/C12H18BrN3O/c1-3-4-9(6-14)12(17)16-10-5-8(2)11(13)15-7-10/h5,7,9H,3-4,6,14H2,1-2H3,(H,16,17). The monoisotopic (exact) mass is 299 g/mol. The molecule has 3 N–H and O–H groups in total. The van der Waals surface area contributed by atoms with E-state index in [4.69, 9.17) is 5.73 Å². The third kappa shape index (κ3) is 4.09. The van der Waals surface area contributed by atoms with Gasteiger partial charge in [0.25, 0.3) is 0 Å². The van der Waals surface area contributed by atoms with Gasteiger partial charge in [-0.3, -0.25) is 4.79 Å². The first-order chi connectivity index (χ1) is 8.08.